The molecule has 128 valence electrons. The Morgan fingerprint density at radius 2 is 1.77 bits per heavy atom. The lowest BCUT2D eigenvalue weighted by Crippen LogP contribution is -2.02. The summed E-state index contributed by atoms with van der Waals surface area (Å²) in [7, 11) is 0. The van der Waals surface area contributed by atoms with Gasteiger partial charge in [0, 0.05) is 23.4 Å². The van der Waals surface area contributed by atoms with Crippen molar-refractivity contribution >= 4 is 5.65 Å². The molecule has 0 aliphatic heterocycles. The molecule has 3 heterocycles. The van der Waals surface area contributed by atoms with Crippen LogP contribution in [0.1, 0.15) is 25.6 Å². The lowest BCUT2D eigenvalue weighted by atomic mass is 10.1. The molecule has 1 aromatic carbocycles. The van der Waals surface area contributed by atoms with Crippen molar-refractivity contribution in [2.75, 3.05) is 0 Å². The number of aromatic nitrogens is 4. The van der Waals surface area contributed by atoms with Crippen LogP contribution in [0.5, 0.6) is 0 Å². The highest BCUT2D eigenvalue weighted by molar-refractivity contribution is 5.79. The number of halogens is 1. The summed E-state index contributed by atoms with van der Waals surface area (Å²) in [4.78, 5) is 8.81. The summed E-state index contributed by atoms with van der Waals surface area (Å²) >= 11 is 0. The van der Waals surface area contributed by atoms with E-state index in [1.807, 2.05) is 18.3 Å². The standard InChI is InChI=1S/C20H16FN5/c1-13(2)26-12-24-19(14-3-6-16(21)7-4-14)20(26)15-5-8-18-23-10-17(9-22)25(18)11-15/h3-8,10-13H,1-2H3. The topological polar surface area (TPSA) is 58.9 Å². The van der Waals surface area contributed by atoms with Crippen molar-refractivity contribution in [3.05, 3.63) is 66.6 Å². The predicted octanol–water partition coefficient (Wildman–Crippen LogP) is 4.46. The van der Waals surface area contributed by atoms with E-state index in [9.17, 15) is 9.65 Å². The molecule has 0 saturated carbocycles. The molecule has 0 aliphatic rings. The number of nitriles is 1. The molecule has 0 radical (unpaired) electrons. The molecule has 0 saturated heterocycles. The molecular weight excluding hydrogens is 329 g/mol. The second-order valence-corrected chi connectivity index (χ2v) is 6.35. The van der Waals surface area contributed by atoms with Gasteiger partial charge in [-0.3, -0.25) is 4.40 Å². The third kappa shape index (κ3) is 2.54. The smallest absolute Gasteiger partial charge is 0.144 e. The normalized spacial score (nSPS) is 11.2. The first-order valence-electron chi connectivity index (χ1n) is 8.29. The molecule has 0 fully saturated rings. The van der Waals surface area contributed by atoms with Crippen LogP contribution in [0.25, 0.3) is 28.2 Å². The van der Waals surface area contributed by atoms with Crippen LogP contribution >= 0.6 is 0 Å². The Bertz CT molecular complexity index is 1130. The van der Waals surface area contributed by atoms with Gasteiger partial charge in [0.25, 0.3) is 0 Å². The summed E-state index contributed by atoms with van der Waals surface area (Å²) in [6.07, 6.45) is 5.24. The Hall–Kier alpha value is -3.46. The zero-order chi connectivity index (χ0) is 18.3. The average molecular weight is 345 g/mol. The lowest BCUT2D eigenvalue weighted by molar-refractivity contribution is 0.605. The highest BCUT2D eigenvalue weighted by Crippen LogP contribution is 2.33. The highest BCUT2D eigenvalue weighted by atomic mass is 19.1. The molecule has 0 spiro atoms. The number of rotatable bonds is 3. The molecule has 26 heavy (non-hydrogen) atoms. The first-order chi connectivity index (χ1) is 12.6. The van der Waals surface area contributed by atoms with Gasteiger partial charge in [-0.05, 0) is 50.2 Å². The van der Waals surface area contributed by atoms with Gasteiger partial charge in [-0.2, -0.15) is 5.26 Å². The van der Waals surface area contributed by atoms with Gasteiger partial charge in [0.2, 0.25) is 0 Å². The van der Waals surface area contributed by atoms with Gasteiger partial charge in [-0.15, -0.1) is 0 Å². The second kappa shape index (κ2) is 6.12. The molecule has 0 atom stereocenters. The quantitative estimate of drug-likeness (QED) is 0.551. The van der Waals surface area contributed by atoms with E-state index in [1.54, 1.807) is 29.1 Å². The third-order valence-electron chi connectivity index (χ3n) is 4.36. The molecule has 0 N–H and O–H groups in total. The average Bonchev–Trinajstić information content (AvgIpc) is 3.25. The van der Waals surface area contributed by atoms with Crippen LogP contribution in [0, 0.1) is 17.1 Å². The van der Waals surface area contributed by atoms with Crippen LogP contribution in [-0.4, -0.2) is 18.9 Å². The Morgan fingerprint density at radius 3 is 2.46 bits per heavy atom. The summed E-state index contributed by atoms with van der Waals surface area (Å²) < 4.78 is 17.2. The molecule has 3 aromatic heterocycles. The van der Waals surface area contributed by atoms with Gasteiger partial charge >= 0.3 is 0 Å². The molecule has 0 bridgehead atoms. The van der Waals surface area contributed by atoms with Crippen molar-refractivity contribution < 1.29 is 4.39 Å². The van der Waals surface area contributed by atoms with Gasteiger partial charge in [0.1, 0.15) is 23.2 Å². The van der Waals surface area contributed by atoms with E-state index in [0.29, 0.717) is 11.3 Å². The Kier molecular flexibility index (Phi) is 3.77. The maximum absolute atomic E-state index is 13.3. The minimum Gasteiger partial charge on any atom is -0.327 e. The van der Waals surface area contributed by atoms with E-state index in [4.69, 9.17) is 0 Å². The Morgan fingerprint density at radius 1 is 1.04 bits per heavy atom. The zero-order valence-electron chi connectivity index (χ0n) is 14.4. The number of benzene rings is 1. The van der Waals surface area contributed by atoms with Crippen molar-refractivity contribution in [2.45, 2.75) is 19.9 Å². The van der Waals surface area contributed by atoms with E-state index in [1.165, 1.54) is 12.1 Å². The highest BCUT2D eigenvalue weighted by Gasteiger charge is 2.18. The minimum atomic E-state index is -0.280. The summed E-state index contributed by atoms with van der Waals surface area (Å²) in [5.41, 5.74) is 4.64. The number of fused-ring (bicyclic) bond motifs is 1. The molecular formula is C20H16FN5. The first-order valence-corrected chi connectivity index (χ1v) is 8.29. The van der Waals surface area contributed by atoms with Crippen LogP contribution in [-0.2, 0) is 0 Å². The number of pyridine rings is 1. The summed E-state index contributed by atoms with van der Waals surface area (Å²) in [5, 5.41) is 9.28. The summed E-state index contributed by atoms with van der Waals surface area (Å²) in [6.45, 7) is 4.16. The molecule has 0 aliphatic carbocycles. The van der Waals surface area contributed by atoms with E-state index < -0.39 is 0 Å². The Labute approximate surface area is 150 Å². The van der Waals surface area contributed by atoms with Gasteiger partial charge in [-0.25, -0.2) is 14.4 Å². The van der Waals surface area contributed by atoms with E-state index in [2.05, 4.69) is 34.5 Å². The lowest BCUT2D eigenvalue weighted by Gasteiger charge is -2.14. The summed E-state index contributed by atoms with van der Waals surface area (Å²) in [5.74, 6) is -0.280. The van der Waals surface area contributed by atoms with Gasteiger partial charge in [0.05, 0.1) is 23.9 Å². The van der Waals surface area contributed by atoms with Crippen LogP contribution in [0.4, 0.5) is 4.39 Å². The minimum absolute atomic E-state index is 0.195. The van der Waals surface area contributed by atoms with Crippen molar-refractivity contribution in [3.63, 3.8) is 0 Å². The number of nitrogens with zero attached hydrogens (tertiary/aromatic N) is 5. The largest absolute Gasteiger partial charge is 0.327 e. The maximum atomic E-state index is 13.3. The van der Waals surface area contributed by atoms with Crippen molar-refractivity contribution in [3.8, 4) is 28.6 Å². The summed E-state index contributed by atoms with van der Waals surface area (Å²) in [6, 6.07) is 12.5. The fourth-order valence-electron chi connectivity index (χ4n) is 3.06. The fraction of sp³-hybridized carbons (Fsp3) is 0.150. The van der Waals surface area contributed by atoms with Crippen LogP contribution in [0.3, 0.4) is 0 Å². The second-order valence-electron chi connectivity index (χ2n) is 6.35. The molecule has 6 heteroatoms. The van der Waals surface area contributed by atoms with Gasteiger partial charge < -0.3 is 4.57 Å². The third-order valence-corrected chi connectivity index (χ3v) is 4.36. The monoisotopic (exact) mass is 345 g/mol. The van der Waals surface area contributed by atoms with Crippen LogP contribution in [0.15, 0.2) is 55.1 Å². The molecule has 0 unspecified atom stereocenters. The van der Waals surface area contributed by atoms with E-state index in [0.717, 1.165) is 22.5 Å². The number of imidazole rings is 2. The predicted molar refractivity (Wildman–Crippen MR) is 96.9 cm³/mol. The van der Waals surface area contributed by atoms with Crippen molar-refractivity contribution in [2.24, 2.45) is 0 Å². The fourth-order valence-corrected chi connectivity index (χ4v) is 3.06. The van der Waals surface area contributed by atoms with E-state index in [-0.39, 0.29) is 11.9 Å². The van der Waals surface area contributed by atoms with E-state index >= 15 is 0 Å². The number of hydrogen-bond acceptors (Lipinski definition) is 3. The molecule has 4 rings (SSSR count). The van der Waals surface area contributed by atoms with Gasteiger partial charge in [-0.1, -0.05) is 0 Å². The Balaban J connectivity index is 1.96. The first kappa shape index (κ1) is 16.0. The maximum Gasteiger partial charge on any atom is 0.144 e. The van der Waals surface area contributed by atoms with Crippen molar-refractivity contribution in [1.82, 2.24) is 18.9 Å². The molecule has 0 amide bonds. The van der Waals surface area contributed by atoms with Gasteiger partial charge in [0.15, 0.2) is 0 Å². The number of hydrogen-bond donors (Lipinski definition) is 0. The molecule has 5 nitrogen and oxygen atoms in total. The zero-order valence-corrected chi connectivity index (χ0v) is 14.4. The molecule has 4 aromatic rings. The van der Waals surface area contributed by atoms with Crippen LogP contribution < -0.4 is 0 Å². The SMILES string of the molecule is CC(C)n1cnc(-c2ccc(F)cc2)c1-c1ccc2ncc(C#N)n2c1. The van der Waals surface area contributed by atoms with Crippen LogP contribution in [0.2, 0.25) is 0 Å². The van der Waals surface area contributed by atoms with Crippen molar-refractivity contribution in [1.29, 1.82) is 5.26 Å².